The summed E-state index contributed by atoms with van der Waals surface area (Å²) in [5.41, 5.74) is 0.870. The SMILES string of the molecule is COc1ccc(-c2noc(N3CCC[C@@H](C(=O)NCCCN4C[C@H](C)C[C@H](C)C4)C3)n2)cc1. The van der Waals surface area contributed by atoms with Crippen LogP contribution in [0.25, 0.3) is 11.4 Å². The van der Waals surface area contributed by atoms with E-state index in [-0.39, 0.29) is 11.8 Å². The Morgan fingerprint density at radius 3 is 2.67 bits per heavy atom. The Morgan fingerprint density at radius 2 is 1.94 bits per heavy atom. The van der Waals surface area contributed by atoms with Gasteiger partial charge in [0, 0.05) is 38.3 Å². The molecule has 3 atom stereocenters. The Hall–Kier alpha value is -2.61. The van der Waals surface area contributed by atoms with E-state index in [9.17, 15) is 4.79 Å². The summed E-state index contributed by atoms with van der Waals surface area (Å²) >= 11 is 0. The van der Waals surface area contributed by atoms with Crippen LogP contribution in [0.15, 0.2) is 28.8 Å². The molecule has 1 N–H and O–H groups in total. The number of hydrogen-bond donors (Lipinski definition) is 1. The van der Waals surface area contributed by atoms with Crippen LogP contribution in [0.5, 0.6) is 5.75 Å². The number of anilines is 1. The first-order valence-corrected chi connectivity index (χ1v) is 12.2. The van der Waals surface area contributed by atoms with Gasteiger partial charge in [-0.25, -0.2) is 0 Å². The van der Waals surface area contributed by atoms with Crippen LogP contribution in [0.1, 0.15) is 39.5 Å². The van der Waals surface area contributed by atoms with E-state index in [4.69, 9.17) is 9.26 Å². The molecule has 2 aliphatic rings. The first-order valence-electron chi connectivity index (χ1n) is 12.2. The van der Waals surface area contributed by atoms with E-state index in [2.05, 4.69) is 34.2 Å². The van der Waals surface area contributed by atoms with E-state index < -0.39 is 0 Å². The van der Waals surface area contributed by atoms with Crippen molar-refractivity contribution in [2.45, 2.75) is 39.5 Å². The summed E-state index contributed by atoms with van der Waals surface area (Å²) < 4.78 is 10.7. The highest BCUT2D eigenvalue weighted by atomic mass is 16.5. The zero-order valence-corrected chi connectivity index (χ0v) is 20.1. The predicted molar refractivity (Wildman–Crippen MR) is 128 cm³/mol. The number of methoxy groups -OCH3 is 1. The van der Waals surface area contributed by atoms with Crippen LogP contribution in [-0.2, 0) is 4.79 Å². The number of hydrogen-bond acceptors (Lipinski definition) is 7. The van der Waals surface area contributed by atoms with Crippen molar-refractivity contribution in [3.05, 3.63) is 24.3 Å². The van der Waals surface area contributed by atoms with Gasteiger partial charge in [-0.05, 0) is 68.3 Å². The molecule has 2 fully saturated rings. The van der Waals surface area contributed by atoms with Crippen LogP contribution in [0.4, 0.5) is 6.01 Å². The van der Waals surface area contributed by atoms with E-state index in [0.29, 0.717) is 18.4 Å². The summed E-state index contributed by atoms with van der Waals surface area (Å²) in [6.45, 7) is 10.2. The maximum atomic E-state index is 12.8. The molecule has 1 aromatic carbocycles. The number of benzene rings is 1. The van der Waals surface area contributed by atoms with Crippen molar-refractivity contribution in [3.8, 4) is 17.1 Å². The summed E-state index contributed by atoms with van der Waals surface area (Å²) in [4.78, 5) is 21.9. The zero-order valence-electron chi connectivity index (χ0n) is 20.1. The van der Waals surface area contributed by atoms with Crippen LogP contribution in [-0.4, -0.2) is 67.3 Å². The first kappa shape index (κ1) is 23.5. The van der Waals surface area contributed by atoms with Gasteiger partial charge in [-0.2, -0.15) is 4.98 Å². The van der Waals surface area contributed by atoms with Crippen LogP contribution in [0.3, 0.4) is 0 Å². The lowest BCUT2D eigenvalue weighted by atomic mass is 9.92. The highest BCUT2D eigenvalue weighted by molar-refractivity contribution is 5.79. The van der Waals surface area contributed by atoms with E-state index >= 15 is 0 Å². The van der Waals surface area contributed by atoms with E-state index in [1.807, 2.05) is 29.2 Å². The molecule has 33 heavy (non-hydrogen) atoms. The second kappa shape index (κ2) is 11.0. The number of piperidine rings is 2. The van der Waals surface area contributed by atoms with Crippen molar-refractivity contribution in [2.75, 3.05) is 51.3 Å². The Kier molecular flexibility index (Phi) is 7.85. The molecule has 0 saturated carbocycles. The predicted octanol–water partition coefficient (Wildman–Crippen LogP) is 3.45. The third kappa shape index (κ3) is 6.25. The standard InChI is InChI=1S/C25H37N5O3/c1-18-14-19(2)16-29(15-18)12-5-11-26-24(31)21-6-4-13-30(17-21)25-27-23(28-33-25)20-7-9-22(32-3)10-8-20/h7-10,18-19,21H,4-6,11-17H2,1-3H3,(H,26,31)/t18-,19+,21-/m1/s1. The van der Waals surface area contributed by atoms with Crippen molar-refractivity contribution in [2.24, 2.45) is 17.8 Å². The van der Waals surface area contributed by atoms with Crippen molar-refractivity contribution in [3.63, 3.8) is 0 Å². The normalized spacial score (nSPS) is 24.0. The average Bonchev–Trinajstić information content (AvgIpc) is 3.32. The molecule has 0 aliphatic carbocycles. The fraction of sp³-hybridized carbons (Fsp3) is 0.640. The fourth-order valence-corrected chi connectivity index (χ4v) is 5.20. The second-order valence-corrected chi connectivity index (χ2v) is 9.76. The van der Waals surface area contributed by atoms with Gasteiger partial charge < -0.3 is 24.4 Å². The fourth-order valence-electron chi connectivity index (χ4n) is 5.20. The van der Waals surface area contributed by atoms with E-state index in [1.165, 1.54) is 19.5 Å². The van der Waals surface area contributed by atoms with Gasteiger partial charge in [0.15, 0.2) is 0 Å². The minimum Gasteiger partial charge on any atom is -0.497 e. The largest absolute Gasteiger partial charge is 0.497 e. The number of rotatable bonds is 8. The maximum absolute atomic E-state index is 12.8. The van der Waals surface area contributed by atoms with E-state index in [0.717, 1.165) is 62.0 Å². The topological polar surface area (TPSA) is 83.7 Å². The van der Waals surface area contributed by atoms with Gasteiger partial charge in [-0.15, -0.1) is 0 Å². The molecule has 3 heterocycles. The lowest BCUT2D eigenvalue weighted by Gasteiger charge is -2.35. The molecule has 0 spiro atoms. The van der Waals surface area contributed by atoms with Crippen LogP contribution in [0.2, 0.25) is 0 Å². The Bertz CT molecular complexity index is 890. The quantitative estimate of drug-likeness (QED) is 0.611. The van der Waals surface area contributed by atoms with Crippen molar-refractivity contribution < 1.29 is 14.1 Å². The summed E-state index contributed by atoms with van der Waals surface area (Å²) in [5, 5.41) is 7.29. The number of amides is 1. The van der Waals surface area contributed by atoms with Crippen molar-refractivity contribution in [1.29, 1.82) is 0 Å². The molecular formula is C25H37N5O3. The third-order valence-electron chi connectivity index (χ3n) is 6.72. The Morgan fingerprint density at radius 1 is 1.18 bits per heavy atom. The van der Waals surface area contributed by atoms with Gasteiger partial charge in [0.05, 0.1) is 13.0 Å². The van der Waals surface area contributed by atoms with Crippen molar-refractivity contribution in [1.82, 2.24) is 20.4 Å². The monoisotopic (exact) mass is 455 g/mol. The molecular weight excluding hydrogens is 418 g/mol. The molecule has 0 radical (unpaired) electrons. The lowest BCUT2D eigenvalue weighted by Crippen LogP contribution is -2.44. The number of carbonyl (C=O) groups excluding carboxylic acids is 1. The highest BCUT2D eigenvalue weighted by Crippen LogP contribution is 2.26. The zero-order chi connectivity index (χ0) is 23.2. The molecule has 0 bridgehead atoms. The maximum Gasteiger partial charge on any atom is 0.324 e. The number of carbonyl (C=O) groups is 1. The first-order chi connectivity index (χ1) is 16.0. The molecule has 2 aliphatic heterocycles. The minimum atomic E-state index is -0.0508. The van der Waals surface area contributed by atoms with Crippen LogP contribution < -0.4 is 15.0 Å². The molecule has 8 nitrogen and oxygen atoms in total. The third-order valence-corrected chi connectivity index (χ3v) is 6.72. The molecule has 8 heteroatoms. The number of likely N-dealkylation sites (tertiary alicyclic amines) is 1. The molecule has 4 rings (SSSR count). The highest BCUT2D eigenvalue weighted by Gasteiger charge is 2.28. The Labute approximate surface area is 196 Å². The number of aromatic nitrogens is 2. The summed E-state index contributed by atoms with van der Waals surface area (Å²) in [6.07, 6.45) is 4.15. The molecule has 1 amide bonds. The average molecular weight is 456 g/mol. The number of nitrogens with zero attached hydrogens (tertiary/aromatic N) is 4. The number of ether oxygens (including phenoxy) is 1. The molecule has 0 unspecified atom stereocenters. The van der Waals surface area contributed by atoms with Gasteiger partial charge in [-0.3, -0.25) is 4.79 Å². The van der Waals surface area contributed by atoms with Gasteiger partial charge >= 0.3 is 6.01 Å². The molecule has 2 saturated heterocycles. The molecule has 1 aromatic heterocycles. The van der Waals surface area contributed by atoms with Gasteiger partial charge in [-0.1, -0.05) is 19.0 Å². The second-order valence-electron chi connectivity index (χ2n) is 9.76. The Balaban J connectivity index is 1.24. The van der Waals surface area contributed by atoms with Crippen LogP contribution >= 0.6 is 0 Å². The number of nitrogens with one attached hydrogen (secondary N) is 1. The summed E-state index contributed by atoms with van der Waals surface area (Å²) in [6, 6.07) is 8.04. The molecule has 180 valence electrons. The van der Waals surface area contributed by atoms with Gasteiger partial charge in [0.1, 0.15) is 5.75 Å². The van der Waals surface area contributed by atoms with Crippen molar-refractivity contribution >= 4 is 11.9 Å². The summed E-state index contributed by atoms with van der Waals surface area (Å²) in [5.74, 6) is 2.95. The lowest BCUT2D eigenvalue weighted by molar-refractivity contribution is -0.125. The van der Waals surface area contributed by atoms with E-state index in [1.54, 1.807) is 7.11 Å². The minimum absolute atomic E-state index is 0.0508. The summed E-state index contributed by atoms with van der Waals surface area (Å²) in [7, 11) is 1.64. The van der Waals surface area contributed by atoms with Crippen LogP contribution in [0, 0.1) is 17.8 Å². The van der Waals surface area contributed by atoms with Gasteiger partial charge in [0.2, 0.25) is 11.7 Å². The molecule has 2 aromatic rings. The van der Waals surface area contributed by atoms with Gasteiger partial charge in [0.25, 0.3) is 0 Å². The smallest absolute Gasteiger partial charge is 0.324 e.